The van der Waals surface area contributed by atoms with Crippen LogP contribution in [0.4, 0.5) is 5.13 Å². The lowest BCUT2D eigenvalue weighted by atomic mass is 10.2. The van der Waals surface area contributed by atoms with Crippen LogP contribution in [0, 0.1) is 11.3 Å². The molecule has 22 heavy (non-hydrogen) atoms. The summed E-state index contributed by atoms with van der Waals surface area (Å²) in [5.41, 5.74) is -0.204. The van der Waals surface area contributed by atoms with E-state index in [4.69, 9.17) is 9.68 Å². The molecule has 0 atom stereocenters. The molecule has 0 radical (unpaired) electrons. The Labute approximate surface area is 130 Å². The molecule has 114 valence electrons. The van der Waals surface area contributed by atoms with Gasteiger partial charge in [0, 0.05) is 6.08 Å². The normalized spacial score (nSPS) is 11.9. The van der Waals surface area contributed by atoms with Gasteiger partial charge in [-0.3, -0.25) is 10.1 Å². The van der Waals surface area contributed by atoms with Gasteiger partial charge in [0.15, 0.2) is 0 Å². The minimum atomic E-state index is -3.48. The quantitative estimate of drug-likeness (QED) is 0.497. The Hall–Kier alpha value is -2.51. The summed E-state index contributed by atoms with van der Waals surface area (Å²) in [5, 5.41) is 18.4. The summed E-state index contributed by atoms with van der Waals surface area (Å²) in [6.07, 6.45) is 2.67. The highest BCUT2D eigenvalue weighted by molar-refractivity contribution is 7.93. The van der Waals surface area contributed by atoms with Crippen molar-refractivity contribution in [3.05, 3.63) is 29.7 Å². The van der Waals surface area contributed by atoms with Gasteiger partial charge in [-0.25, -0.2) is 8.42 Å². The molecule has 0 aromatic carbocycles. The molecule has 2 rings (SSSR count). The monoisotopic (exact) mass is 338 g/mol. The van der Waals surface area contributed by atoms with Crippen LogP contribution in [0.3, 0.4) is 0 Å². The van der Waals surface area contributed by atoms with Gasteiger partial charge in [-0.15, -0.1) is 10.2 Å². The van der Waals surface area contributed by atoms with Gasteiger partial charge in [0.05, 0.1) is 12.0 Å². The molecule has 0 fully saturated rings. The Kier molecular flexibility index (Phi) is 4.69. The van der Waals surface area contributed by atoms with Crippen LogP contribution in [-0.4, -0.2) is 30.3 Å². The van der Waals surface area contributed by atoms with E-state index >= 15 is 0 Å². The largest absolute Gasteiger partial charge is 0.465 e. The van der Waals surface area contributed by atoms with Crippen molar-refractivity contribution >= 4 is 38.3 Å². The lowest BCUT2D eigenvalue weighted by Gasteiger charge is -1.98. The van der Waals surface area contributed by atoms with Crippen LogP contribution in [0.25, 0.3) is 6.08 Å². The zero-order chi connectivity index (χ0) is 16.2. The van der Waals surface area contributed by atoms with E-state index < -0.39 is 15.7 Å². The van der Waals surface area contributed by atoms with Gasteiger partial charge in [-0.1, -0.05) is 18.3 Å². The number of sulfone groups is 1. The number of carbonyl (C=O) groups excluding carboxylic acids is 1. The van der Waals surface area contributed by atoms with Crippen LogP contribution in [-0.2, 0) is 14.6 Å². The number of hydrogen-bond donors (Lipinski definition) is 1. The van der Waals surface area contributed by atoms with Crippen molar-refractivity contribution in [2.75, 3.05) is 11.1 Å². The highest BCUT2D eigenvalue weighted by Crippen LogP contribution is 2.21. The van der Waals surface area contributed by atoms with Crippen LogP contribution >= 0.6 is 11.3 Å². The minimum absolute atomic E-state index is 0.00220. The van der Waals surface area contributed by atoms with Gasteiger partial charge < -0.3 is 4.42 Å². The van der Waals surface area contributed by atoms with Gasteiger partial charge in [0.1, 0.15) is 17.4 Å². The maximum Gasteiger partial charge on any atom is 0.268 e. The molecule has 0 aliphatic carbocycles. The average molecular weight is 338 g/mol. The number of anilines is 1. The van der Waals surface area contributed by atoms with E-state index in [2.05, 4.69) is 15.5 Å². The summed E-state index contributed by atoms with van der Waals surface area (Å²) >= 11 is 0.726. The van der Waals surface area contributed by atoms with Crippen molar-refractivity contribution in [3.8, 4) is 6.07 Å². The summed E-state index contributed by atoms with van der Waals surface area (Å²) < 4.78 is 28.1. The second kappa shape index (κ2) is 6.50. The molecule has 0 bridgehead atoms. The summed E-state index contributed by atoms with van der Waals surface area (Å²) in [5.74, 6) is -0.494. The predicted molar refractivity (Wildman–Crippen MR) is 78.6 cm³/mol. The van der Waals surface area contributed by atoms with Crippen LogP contribution in [0.2, 0.25) is 0 Å². The predicted octanol–water partition coefficient (Wildman–Crippen LogP) is 1.47. The van der Waals surface area contributed by atoms with Crippen LogP contribution in [0.15, 0.2) is 32.7 Å². The lowest BCUT2D eigenvalue weighted by Crippen LogP contribution is -2.13. The number of amides is 1. The molecule has 0 aliphatic rings. The van der Waals surface area contributed by atoms with Gasteiger partial charge in [-0.2, -0.15) is 5.26 Å². The number of nitrogens with zero attached hydrogens (tertiary/aromatic N) is 3. The highest BCUT2D eigenvalue weighted by atomic mass is 32.2. The summed E-state index contributed by atoms with van der Waals surface area (Å²) in [4.78, 5) is 11.9. The van der Waals surface area contributed by atoms with Gasteiger partial charge in [0.2, 0.25) is 19.3 Å². The van der Waals surface area contributed by atoms with E-state index in [1.54, 1.807) is 18.2 Å². The molecule has 1 amide bonds. The van der Waals surface area contributed by atoms with Gasteiger partial charge in [-0.05, 0) is 12.1 Å². The Bertz CT molecular complexity index is 844. The molecule has 2 aromatic heterocycles. The van der Waals surface area contributed by atoms with E-state index in [9.17, 15) is 13.2 Å². The molecule has 0 saturated heterocycles. The van der Waals surface area contributed by atoms with E-state index in [-0.39, 0.29) is 20.8 Å². The molecular weight excluding hydrogens is 328 g/mol. The third-order valence-corrected chi connectivity index (χ3v) is 5.49. The summed E-state index contributed by atoms with van der Waals surface area (Å²) in [6, 6.07) is 4.94. The first-order valence-corrected chi connectivity index (χ1v) is 8.46. The summed E-state index contributed by atoms with van der Waals surface area (Å²) in [7, 11) is -3.48. The lowest BCUT2D eigenvalue weighted by molar-refractivity contribution is -0.112. The fourth-order valence-corrected chi connectivity index (χ4v) is 3.32. The second-order valence-electron chi connectivity index (χ2n) is 3.92. The van der Waals surface area contributed by atoms with Gasteiger partial charge in [0.25, 0.3) is 5.91 Å². The molecule has 0 saturated carbocycles. The van der Waals surface area contributed by atoms with Gasteiger partial charge >= 0.3 is 0 Å². The summed E-state index contributed by atoms with van der Waals surface area (Å²) in [6.45, 7) is 1.48. The first kappa shape index (κ1) is 15.9. The van der Waals surface area contributed by atoms with Crippen molar-refractivity contribution in [2.45, 2.75) is 11.3 Å². The standard InChI is InChI=1S/C12H10N4O4S2/c1-2-22(18,19)12-16-15-11(21-12)14-10(17)8(7-13)6-9-4-3-5-20-9/h3-6H,2H2,1H3,(H,14,15,17)/b8-6-. The van der Waals surface area contributed by atoms with E-state index in [0.29, 0.717) is 5.76 Å². The topological polar surface area (TPSA) is 126 Å². The minimum Gasteiger partial charge on any atom is -0.465 e. The molecule has 10 heteroatoms. The average Bonchev–Trinajstić information content (AvgIpc) is 3.16. The fourth-order valence-electron chi connectivity index (χ4n) is 1.34. The number of carbonyl (C=O) groups is 1. The molecule has 0 aliphatic heterocycles. The van der Waals surface area contributed by atoms with Crippen molar-refractivity contribution in [1.82, 2.24) is 10.2 Å². The molecule has 0 unspecified atom stereocenters. The number of nitrogens with one attached hydrogen (secondary N) is 1. The highest BCUT2D eigenvalue weighted by Gasteiger charge is 2.19. The zero-order valence-corrected chi connectivity index (χ0v) is 12.9. The third-order valence-electron chi connectivity index (χ3n) is 2.47. The molecule has 0 spiro atoms. The molecule has 1 N–H and O–H groups in total. The smallest absolute Gasteiger partial charge is 0.268 e. The van der Waals surface area contributed by atoms with Crippen molar-refractivity contribution in [2.24, 2.45) is 0 Å². The number of furan rings is 1. The molecule has 2 heterocycles. The molecule has 8 nitrogen and oxygen atoms in total. The van der Waals surface area contributed by atoms with Crippen molar-refractivity contribution in [1.29, 1.82) is 5.26 Å². The second-order valence-corrected chi connectivity index (χ2v) is 7.35. The Morgan fingerprint density at radius 3 is 2.91 bits per heavy atom. The van der Waals surface area contributed by atoms with E-state index in [0.717, 1.165) is 11.3 Å². The maximum absolute atomic E-state index is 11.9. The number of hydrogen-bond acceptors (Lipinski definition) is 8. The molecular formula is C12H10N4O4S2. The number of nitriles is 1. The van der Waals surface area contributed by atoms with Crippen LogP contribution in [0.1, 0.15) is 12.7 Å². The maximum atomic E-state index is 11.9. The van der Waals surface area contributed by atoms with E-state index in [1.807, 2.05) is 0 Å². The molecule has 2 aromatic rings. The Balaban J connectivity index is 2.17. The number of rotatable bonds is 5. The SMILES string of the molecule is CCS(=O)(=O)c1nnc(NC(=O)/C(C#N)=C\c2ccco2)s1. The zero-order valence-electron chi connectivity index (χ0n) is 11.3. The Morgan fingerprint density at radius 1 is 1.55 bits per heavy atom. The third kappa shape index (κ3) is 3.57. The van der Waals surface area contributed by atoms with E-state index in [1.165, 1.54) is 19.3 Å². The van der Waals surface area contributed by atoms with Crippen molar-refractivity contribution < 1.29 is 17.6 Å². The fraction of sp³-hybridized carbons (Fsp3) is 0.167. The first-order chi connectivity index (χ1) is 10.5. The number of aromatic nitrogens is 2. The van der Waals surface area contributed by atoms with Crippen LogP contribution < -0.4 is 5.32 Å². The Morgan fingerprint density at radius 2 is 2.32 bits per heavy atom. The first-order valence-electron chi connectivity index (χ1n) is 5.99. The van der Waals surface area contributed by atoms with Crippen molar-refractivity contribution in [3.63, 3.8) is 0 Å². The van der Waals surface area contributed by atoms with Crippen LogP contribution in [0.5, 0.6) is 0 Å².